The molecule has 0 aliphatic heterocycles. The third-order valence-electron chi connectivity index (χ3n) is 3.48. The number of fused-ring (bicyclic) bond motifs is 1. The molecular weight excluding hydrogens is 240 g/mol. The molecule has 0 saturated carbocycles. The third-order valence-corrected chi connectivity index (χ3v) is 3.48. The quantitative estimate of drug-likeness (QED) is 0.649. The van der Waals surface area contributed by atoms with Gasteiger partial charge in [0.05, 0.1) is 11.7 Å². The molecule has 1 heterocycles. The molecule has 1 aliphatic rings. The third kappa shape index (κ3) is 2.88. The minimum atomic E-state index is -0.191. The molecule has 4 heteroatoms. The van der Waals surface area contributed by atoms with Crippen molar-refractivity contribution in [2.24, 2.45) is 0 Å². The van der Waals surface area contributed by atoms with Gasteiger partial charge < -0.3 is 10.1 Å². The van der Waals surface area contributed by atoms with E-state index >= 15 is 0 Å². The lowest BCUT2D eigenvalue weighted by Crippen LogP contribution is -2.23. The molecule has 0 radical (unpaired) electrons. The number of aromatic nitrogens is 1. The maximum Gasteiger partial charge on any atom is 0.260 e. The first kappa shape index (κ1) is 13.8. The van der Waals surface area contributed by atoms with Crippen LogP contribution in [-0.4, -0.2) is 16.8 Å². The Hall–Kier alpha value is -1.58. The monoisotopic (exact) mass is 262 g/mol. The van der Waals surface area contributed by atoms with E-state index in [9.17, 15) is 4.79 Å². The molecule has 0 bridgehead atoms. The van der Waals surface area contributed by atoms with Crippen LogP contribution in [0.5, 0.6) is 5.88 Å². The number of hydrogen-bond acceptors (Lipinski definition) is 3. The number of aromatic amines is 1. The molecule has 0 spiro atoms. The van der Waals surface area contributed by atoms with Crippen molar-refractivity contribution in [1.29, 1.82) is 5.41 Å². The van der Waals surface area contributed by atoms with Gasteiger partial charge in [0.2, 0.25) is 0 Å². The largest absolute Gasteiger partial charge is 0.476 e. The zero-order chi connectivity index (χ0) is 14.0. The van der Waals surface area contributed by atoms with Gasteiger partial charge >= 0.3 is 0 Å². The van der Waals surface area contributed by atoms with Crippen molar-refractivity contribution in [2.75, 3.05) is 0 Å². The van der Waals surface area contributed by atoms with Crippen LogP contribution in [0.15, 0.2) is 4.79 Å². The van der Waals surface area contributed by atoms with Gasteiger partial charge in [-0.1, -0.05) is 6.42 Å². The molecule has 0 atom stereocenters. The lowest BCUT2D eigenvalue weighted by atomic mass is 9.97. The summed E-state index contributed by atoms with van der Waals surface area (Å²) in [6.07, 6.45) is 5.20. The van der Waals surface area contributed by atoms with Crippen LogP contribution < -0.4 is 10.3 Å². The second kappa shape index (κ2) is 5.59. The second-order valence-electron chi connectivity index (χ2n) is 5.47. The standard InChI is InChI=1S/C15H22N2O2/c1-9(2)19-15-12-8-6-4-5-7-11(12)13(10(3)16)14(18)17-15/h9,16H,4-8H2,1-3H3,(H,17,18). The second-order valence-corrected chi connectivity index (χ2v) is 5.47. The highest BCUT2D eigenvalue weighted by Gasteiger charge is 2.21. The first-order valence-electron chi connectivity index (χ1n) is 7.01. The number of hydrogen-bond donors (Lipinski definition) is 2. The molecule has 0 aromatic carbocycles. The first-order valence-corrected chi connectivity index (χ1v) is 7.01. The smallest absolute Gasteiger partial charge is 0.260 e. The Morgan fingerprint density at radius 3 is 2.42 bits per heavy atom. The summed E-state index contributed by atoms with van der Waals surface area (Å²) in [5, 5.41) is 7.84. The summed E-state index contributed by atoms with van der Waals surface area (Å²) in [7, 11) is 0. The molecule has 1 aromatic heterocycles. The summed E-state index contributed by atoms with van der Waals surface area (Å²) in [5.74, 6) is 0.613. The molecular formula is C15H22N2O2. The molecule has 2 rings (SSSR count). The van der Waals surface area contributed by atoms with Crippen molar-refractivity contribution in [2.45, 2.75) is 59.0 Å². The van der Waals surface area contributed by atoms with Crippen LogP contribution in [0, 0.1) is 5.41 Å². The van der Waals surface area contributed by atoms with Gasteiger partial charge in [-0.15, -0.1) is 0 Å². The normalized spacial score (nSPS) is 14.9. The minimum absolute atomic E-state index is 0.0370. The van der Waals surface area contributed by atoms with E-state index in [0.29, 0.717) is 17.2 Å². The molecule has 0 saturated heterocycles. The van der Waals surface area contributed by atoms with E-state index in [1.165, 1.54) is 6.42 Å². The number of ether oxygens (including phenoxy) is 1. The van der Waals surface area contributed by atoms with Gasteiger partial charge in [0.15, 0.2) is 5.88 Å². The fourth-order valence-corrected chi connectivity index (χ4v) is 2.72. The van der Waals surface area contributed by atoms with E-state index in [-0.39, 0.29) is 11.7 Å². The van der Waals surface area contributed by atoms with Crippen LogP contribution in [0.3, 0.4) is 0 Å². The summed E-state index contributed by atoms with van der Waals surface area (Å²) in [6.45, 7) is 5.59. The molecule has 2 N–H and O–H groups in total. The number of nitrogens with one attached hydrogen (secondary N) is 2. The van der Waals surface area contributed by atoms with Crippen molar-refractivity contribution >= 4 is 5.71 Å². The Bertz CT molecular complexity index is 544. The van der Waals surface area contributed by atoms with Gasteiger partial charge in [0.25, 0.3) is 5.56 Å². The van der Waals surface area contributed by atoms with Gasteiger partial charge in [-0.05, 0) is 52.0 Å². The molecule has 4 nitrogen and oxygen atoms in total. The summed E-state index contributed by atoms with van der Waals surface area (Å²) >= 11 is 0. The molecule has 1 aliphatic carbocycles. The minimum Gasteiger partial charge on any atom is -0.476 e. The zero-order valence-corrected chi connectivity index (χ0v) is 11.9. The summed E-state index contributed by atoms with van der Waals surface area (Å²) in [4.78, 5) is 15.0. The van der Waals surface area contributed by atoms with Crippen molar-refractivity contribution in [3.05, 3.63) is 27.0 Å². The van der Waals surface area contributed by atoms with Gasteiger partial charge in [0.1, 0.15) is 0 Å². The predicted molar refractivity (Wildman–Crippen MR) is 76.6 cm³/mol. The lowest BCUT2D eigenvalue weighted by Gasteiger charge is -2.18. The highest BCUT2D eigenvalue weighted by atomic mass is 16.5. The summed E-state index contributed by atoms with van der Waals surface area (Å²) < 4.78 is 5.76. The maximum absolute atomic E-state index is 12.2. The molecule has 0 amide bonds. The summed E-state index contributed by atoms with van der Waals surface area (Å²) in [6, 6.07) is 0. The number of rotatable bonds is 3. The zero-order valence-electron chi connectivity index (χ0n) is 11.9. The molecule has 19 heavy (non-hydrogen) atoms. The van der Waals surface area contributed by atoms with E-state index in [0.717, 1.165) is 36.8 Å². The Morgan fingerprint density at radius 1 is 1.21 bits per heavy atom. The van der Waals surface area contributed by atoms with E-state index in [1.807, 2.05) is 13.8 Å². The topological polar surface area (TPSA) is 65.9 Å². The van der Waals surface area contributed by atoms with Crippen LogP contribution in [-0.2, 0) is 12.8 Å². The SMILES string of the molecule is CC(=N)c1c2c(c(OC(C)C)[nH]c1=O)CCCCC2. The van der Waals surface area contributed by atoms with Gasteiger partial charge in [-0.25, -0.2) is 0 Å². The predicted octanol–water partition coefficient (Wildman–Crippen LogP) is 2.82. The average Bonchev–Trinajstić information content (AvgIpc) is 2.53. The van der Waals surface area contributed by atoms with E-state index in [1.54, 1.807) is 6.92 Å². The van der Waals surface area contributed by atoms with Crippen molar-refractivity contribution < 1.29 is 4.74 Å². The number of pyridine rings is 1. The van der Waals surface area contributed by atoms with Crippen molar-refractivity contribution in [3.63, 3.8) is 0 Å². The number of H-pyrrole nitrogens is 1. The van der Waals surface area contributed by atoms with Crippen molar-refractivity contribution in [1.82, 2.24) is 4.98 Å². The highest BCUT2D eigenvalue weighted by Crippen LogP contribution is 2.28. The van der Waals surface area contributed by atoms with Crippen LogP contribution in [0.4, 0.5) is 0 Å². The Labute approximate surface area is 113 Å². The first-order chi connectivity index (χ1) is 9.00. The molecule has 104 valence electrons. The lowest BCUT2D eigenvalue weighted by molar-refractivity contribution is 0.229. The van der Waals surface area contributed by atoms with Crippen molar-refractivity contribution in [3.8, 4) is 5.88 Å². The van der Waals surface area contributed by atoms with Gasteiger partial charge in [-0.2, -0.15) is 0 Å². The highest BCUT2D eigenvalue weighted by molar-refractivity contribution is 5.97. The Morgan fingerprint density at radius 2 is 1.84 bits per heavy atom. The van der Waals surface area contributed by atoms with Crippen LogP contribution in [0.2, 0.25) is 0 Å². The average molecular weight is 262 g/mol. The fourth-order valence-electron chi connectivity index (χ4n) is 2.72. The maximum atomic E-state index is 12.2. The van der Waals surface area contributed by atoms with Gasteiger partial charge in [0, 0.05) is 11.3 Å². The molecule has 0 unspecified atom stereocenters. The Kier molecular flexibility index (Phi) is 4.08. The van der Waals surface area contributed by atoms with E-state index in [2.05, 4.69) is 4.98 Å². The Balaban J connectivity index is 2.63. The van der Waals surface area contributed by atoms with Crippen LogP contribution in [0.1, 0.15) is 56.7 Å². The van der Waals surface area contributed by atoms with E-state index in [4.69, 9.17) is 10.1 Å². The van der Waals surface area contributed by atoms with E-state index < -0.39 is 0 Å². The molecule has 0 fully saturated rings. The molecule has 1 aromatic rings. The van der Waals surface area contributed by atoms with Gasteiger partial charge in [-0.3, -0.25) is 9.78 Å². The van der Waals surface area contributed by atoms with Crippen LogP contribution >= 0.6 is 0 Å². The van der Waals surface area contributed by atoms with Crippen LogP contribution in [0.25, 0.3) is 0 Å². The fraction of sp³-hybridized carbons (Fsp3) is 0.600. The summed E-state index contributed by atoms with van der Waals surface area (Å²) in [5.41, 5.74) is 2.84.